The van der Waals surface area contributed by atoms with Gasteiger partial charge in [-0.25, -0.2) is 4.79 Å². The van der Waals surface area contributed by atoms with Crippen molar-refractivity contribution in [3.05, 3.63) is 35.4 Å². The smallest absolute Gasteiger partial charge is 0.417 e. The first-order chi connectivity index (χ1) is 10.9. The van der Waals surface area contributed by atoms with Gasteiger partial charge in [-0.15, -0.1) is 0 Å². The number of hydrogen-bond donors (Lipinski definition) is 1. The van der Waals surface area contributed by atoms with Crippen molar-refractivity contribution in [3.63, 3.8) is 0 Å². The summed E-state index contributed by atoms with van der Waals surface area (Å²) < 4.78 is 48.4. The molecule has 1 saturated heterocycles. The number of nitrogens with one attached hydrogen (secondary N) is 1. The number of esters is 1. The van der Waals surface area contributed by atoms with Gasteiger partial charge in [-0.2, -0.15) is 13.2 Å². The molecule has 1 atom stereocenters. The molecule has 0 aromatic heterocycles. The second-order valence-electron chi connectivity index (χ2n) is 5.06. The number of halogens is 3. The van der Waals surface area contributed by atoms with Crippen molar-refractivity contribution < 1.29 is 32.2 Å². The highest BCUT2D eigenvalue weighted by atomic mass is 19.4. The normalized spacial score (nSPS) is 17.8. The Morgan fingerprint density at radius 3 is 2.70 bits per heavy atom. The standard InChI is InChI=1S/C15H16F3NO4/c16-15(17,18)12-6-2-1-5-11(12)14(21)23-9-13(20)19-8-10-4-3-7-22-10/h1-2,5-6,10H,3-4,7-9H2,(H,19,20). The van der Waals surface area contributed by atoms with Crippen LogP contribution in [0.25, 0.3) is 0 Å². The summed E-state index contributed by atoms with van der Waals surface area (Å²) in [5, 5.41) is 2.51. The quantitative estimate of drug-likeness (QED) is 0.840. The minimum absolute atomic E-state index is 0.0689. The van der Waals surface area contributed by atoms with Crippen LogP contribution in [0.1, 0.15) is 28.8 Å². The van der Waals surface area contributed by atoms with Gasteiger partial charge < -0.3 is 14.8 Å². The summed E-state index contributed by atoms with van der Waals surface area (Å²) in [4.78, 5) is 23.3. The number of carbonyl (C=O) groups excluding carboxylic acids is 2. The molecule has 8 heteroatoms. The molecule has 1 unspecified atom stereocenters. The first-order valence-corrected chi connectivity index (χ1v) is 7.09. The fraction of sp³-hybridized carbons (Fsp3) is 0.467. The van der Waals surface area contributed by atoms with Crippen LogP contribution < -0.4 is 5.32 Å². The highest BCUT2D eigenvalue weighted by Crippen LogP contribution is 2.32. The highest BCUT2D eigenvalue weighted by molar-refractivity contribution is 5.92. The van der Waals surface area contributed by atoms with Crippen molar-refractivity contribution in [2.75, 3.05) is 19.8 Å². The van der Waals surface area contributed by atoms with E-state index in [1.165, 1.54) is 12.1 Å². The fourth-order valence-electron chi connectivity index (χ4n) is 2.20. The van der Waals surface area contributed by atoms with Crippen LogP contribution >= 0.6 is 0 Å². The molecule has 0 saturated carbocycles. The molecule has 1 aliphatic rings. The van der Waals surface area contributed by atoms with E-state index in [-0.39, 0.29) is 12.6 Å². The lowest BCUT2D eigenvalue weighted by Gasteiger charge is -2.13. The first-order valence-electron chi connectivity index (χ1n) is 7.09. The van der Waals surface area contributed by atoms with Gasteiger partial charge in [0.1, 0.15) is 0 Å². The van der Waals surface area contributed by atoms with Crippen molar-refractivity contribution in [2.24, 2.45) is 0 Å². The minimum atomic E-state index is -4.67. The Hall–Kier alpha value is -2.09. The maximum absolute atomic E-state index is 12.8. The van der Waals surface area contributed by atoms with Gasteiger partial charge in [-0.05, 0) is 25.0 Å². The number of hydrogen-bond acceptors (Lipinski definition) is 4. The van der Waals surface area contributed by atoms with E-state index in [9.17, 15) is 22.8 Å². The molecule has 0 radical (unpaired) electrons. The van der Waals surface area contributed by atoms with Crippen molar-refractivity contribution >= 4 is 11.9 Å². The third-order valence-electron chi connectivity index (χ3n) is 3.34. The van der Waals surface area contributed by atoms with E-state index in [2.05, 4.69) is 10.1 Å². The van der Waals surface area contributed by atoms with Crippen molar-refractivity contribution in [1.29, 1.82) is 0 Å². The Bertz CT molecular complexity index is 568. The van der Waals surface area contributed by atoms with Gasteiger partial charge in [-0.3, -0.25) is 4.79 Å². The van der Waals surface area contributed by atoms with Gasteiger partial charge in [0.2, 0.25) is 0 Å². The van der Waals surface area contributed by atoms with Crippen LogP contribution in [0, 0.1) is 0 Å². The molecule has 1 heterocycles. The molecule has 0 spiro atoms. The molecule has 23 heavy (non-hydrogen) atoms. The summed E-state index contributed by atoms with van der Waals surface area (Å²) >= 11 is 0. The third-order valence-corrected chi connectivity index (χ3v) is 3.34. The van der Waals surface area contributed by atoms with Gasteiger partial charge in [0, 0.05) is 13.2 Å². The predicted octanol–water partition coefficient (Wildman–Crippen LogP) is 2.16. The van der Waals surface area contributed by atoms with Gasteiger partial charge in [0.15, 0.2) is 6.61 Å². The van der Waals surface area contributed by atoms with Crippen LogP contribution in [0.5, 0.6) is 0 Å². The monoisotopic (exact) mass is 331 g/mol. The SMILES string of the molecule is O=C(COC(=O)c1ccccc1C(F)(F)F)NCC1CCCO1. The van der Waals surface area contributed by atoms with Crippen LogP contribution in [0.15, 0.2) is 24.3 Å². The third kappa shape index (κ3) is 4.95. The van der Waals surface area contributed by atoms with Gasteiger partial charge in [0.25, 0.3) is 5.91 Å². The summed E-state index contributed by atoms with van der Waals surface area (Å²) in [5.41, 5.74) is -1.71. The largest absolute Gasteiger partial charge is 0.452 e. The maximum atomic E-state index is 12.8. The second kappa shape index (κ2) is 7.45. The van der Waals surface area contributed by atoms with Crippen molar-refractivity contribution in [1.82, 2.24) is 5.32 Å². The van der Waals surface area contributed by atoms with Crippen molar-refractivity contribution in [2.45, 2.75) is 25.1 Å². The van der Waals surface area contributed by atoms with E-state index >= 15 is 0 Å². The summed E-state index contributed by atoms with van der Waals surface area (Å²) in [6, 6.07) is 4.26. The molecule has 1 amide bonds. The average molecular weight is 331 g/mol. The van der Waals surface area contributed by atoms with Crippen LogP contribution in [-0.4, -0.2) is 37.7 Å². The van der Waals surface area contributed by atoms with E-state index in [1.807, 2.05) is 0 Å². The number of amides is 1. The molecule has 0 bridgehead atoms. The fourth-order valence-corrected chi connectivity index (χ4v) is 2.20. The molecule has 1 N–H and O–H groups in total. The molecule has 5 nitrogen and oxygen atoms in total. The van der Waals surface area contributed by atoms with Gasteiger partial charge in [0.05, 0.1) is 17.2 Å². The molecule has 1 aromatic carbocycles. The second-order valence-corrected chi connectivity index (χ2v) is 5.06. The van der Waals surface area contributed by atoms with E-state index in [1.54, 1.807) is 0 Å². The number of benzene rings is 1. The van der Waals surface area contributed by atoms with Crippen molar-refractivity contribution in [3.8, 4) is 0 Å². The zero-order valence-electron chi connectivity index (χ0n) is 12.2. The van der Waals surface area contributed by atoms with E-state index < -0.39 is 35.8 Å². The zero-order chi connectivity index (χ0) is 16.9. The van der Waals surface area contributed by atoms with E-state index in [0.717, 1.165) is 25.0 Å². The molecule has 1 fully saturated rings. The number of rotatable bonds is 5. The summed E-state index contributed by atoms with van der Waals surface area (Å²) in [6.45, 7) is 0.289. The molecule has 1 aliphatic heterocycles. The lowest BCUT2D eigenvalue weighted by molar-refractivity contribution is -0.138. The molecular formula is C15H16F3NO4. The Morgan fingerprint density at radius 2 is 2.04 bits per heavy atom. The van der Waals surface area contributed by atoms with Gasteiger partial charge >= 0.3 is 12.1 Å². The molecule has 2 rings (SSSR count). The summed E-state index contributed by atoms with van der Waals surface area (Å²) in [5.74, 6) is -1.77. The summed E-state index contributed by atoms with van der Waals surface area (Å²) in [6.07, 6.45) is -2.99. The predicted molar refractivity (Wildman–Crippen MR) is 73.7 cm³/mol. The summed E-state index contributed by atoms with van der Waals surface area (Å²) in [7, 11) is 0. The molecular weight excluding hydrogens is 315 g/mol. The van der Waals surface area contributed by atoms with Gasteiger partial charge in [-0.1, -0.05) is 12.1 Å². The lowest BCUT2D eigenvalue weighted by Crippen LogP contribution is -2.35. The number of carbonyl (C=O) groups is 2. The van der Waals surface area contributed by atoms with Crippen LogP contribution in [-0.2, 0) is 20.4 Å². The number of alkyl halides is 3. The Kier molecular flexibility index (Phi) is 5.59. The van der Waals surface area contributed by atoms with E-state index in [0.29, 0.717) is 6.61 Å². The Balaban J connectivity index is 1.86. The first kappa shape index (κ1) is 17.3. The molecule has 1 aromatic rings. The van der Waals surface area contributed by atoms with Crippen LogP contribution in [0.2, 0.25) is 0 Å². The van der Waals surface area contributed by atoms with Crippen LogP contribution in [0.3, 0.4) is 0 Å². The number of ether oxygens (including phenoxy) is 2. The minimum Gasteiger partial charge on any atom is -0.452 e. The molecule has 0 aliphatic carbocycles. The Labute approximate surface area is 130 Å². The maximum Gasteiger partial charge on any atom is 0.417 e. The zero-order valence-corrected chi connectivity index (χ0v) is 12.2. The Morgan fingerprint density at radius 1 is 1.30 bits per heavy atom. The van der Waals surface area contributed by atoms with Crippen LogP contribution in [0.4, 0.5) is 13.2 Å². The lowest BCUT2D eigenvalue weighted by atomic mass is 10.1. The van der Waals surface area contributed by atoms with E-state index in [4.69, 9.17) is 4.74 Å². The highest BCUT2D eigenvalue weighted by Gasteiger charge is 2.35. The topological polar surface area (TPSA) is 64.6 Å². The average Bonchev–Trinajstić information content (AvgIpc) is 3.03. The molecule has 126 valence electrons.